The molecule has 1 fully saturated rings. The maximum atomic E-state index is 6.12. The van der Waals surface area contributed by atoms with Gasteiger partial charge in [0.2, 0.25) is 0 Å². The first-order valence-electron chi connectivity index (χ1n) is 7.50. The summed E-state index contributed by atoms with van der Waals surface area (Å²) < 4.78 is 6.94. The number of pyridine rings is 1. The zero-order valence-electron chi connectivity index (χ0n) is 12.6. The van der Waals surface area contributed by atoms with Gasteiger partial charge in [0.1, 0.15) is 10.1 Å². The highest BCUT2D eigenvalue weighted by atomic mass is 35.5. The van der Waals surface area contributed by atoms with Gasteiger partial charge in [-0.1, -0.05) is 11.8 Å². The lowest BCUT2D eigenvalue weighted by atomic mass is 10.2. The molecule has 8 heteroatoms. The van der Waals surface area contributed by atoms with Crippen molar-refractivity contribution in [3.63, 3.8) is 0 Å². The number of aromatic nitrogens is 4. The third kappa shape index (κ3) is 3.31. The van der Waals surface area contributed by atoms with E-state index in [0.717, 1.165) is 34.5 Å². The SMILES string of the molecule is ClC1(Cl)CC1CSc1nnc(-c2cccnc2)n1Cc1ccco1. The second-order valence-electron chi connectivity index (χ2n) is 5.69. The topological polar surface area (TPSA) is 56.7 Å². The number of thioether (sulfide) groups is 1. The number of furan rings is 1. The quantitative estimate of drug-likeness (QED) is 0.472. The Hall–Kier alpha value is -1.50. The van der Waals surface area contributed by atoms with Crippen LogP contribution in [0.3, 0.4) is 0 Å². The lowest BCUT2D eigenvalue weighted by Gasteiger charge is -2.08. The Morgan fingerprint density at radius 3 is 2.83 bits per heavy atom. The molecule has 0 N–H and O–H groups in total. The molecule has 3 aromatic rings. The largest absolute Gasteiger partial charge is 0.467 e. The predicted octanol–water partition coefficient (Wildman–Crippen LogP) is 4.27. The summed E-state index contributed by atoms with van der Waals surface area (Å²) in [7, 11) is 0. The zero-order chi connectivity index (χ0) is 16.6. The first-order valence-corrected chi connectivity index (χ1v) is 9.24. The molecule has 0 amide bonds. The van der Waals surface area contributed by atoms with Crippen molar-refractivity contribution in [3.05, 3.63) is 48.7 Å². The van der Waals surface area contributed by atoms with Gasteiger partial charge < -0.3 is 4.42 Å². The summed E-state index contributed by atoms with van der Waals surface area (Å²) in [4.78, 5) is 4.17. The van der Waals surface area contributed by atoms with Gasteiger partial charge in [-0.15, -0.1) is 33.4 Å². The third-order valence-corrected chi connectivity index (χ3v) is 5.96. The summed E-state index contributed by atoms with van der Waals surface area (Å²) in [5, 5.41) is 9.51. The Balaban J connectivity index is 1.62. The number of rotatable bonds is 6. The summed E-state index contributed by atoms with van der Waals surface area (Å²) in [6.07, 6.45) is 6.00. The molecule has 0 saturated heterocycles. The van der Waals surface area contributed by atoms with Crippen molar-refractivity contribution in [2.75, 3.05) is 5.75 Å². The maximum absolute atomic E-state index is 6.12. The van der Waals surface area contributed by atoms with Gasteiger partial charge in [0, 0.05) is 29.6 Å². The van der Waals surface area contributed by atoms with Crippen LogP contribution in [0.5, 0.6) is 0 Å². The Labute approximate surface area is 153 Å². The highest BCUT2D eigenvalue weighted by Crippen LogP contribution is 2.54. The summed E-state index contributed by atoms with van der Waals surface area (Å²) in [5.74, 6) is 2.72. The van der Waals surface area contributed by atoms with Crippen LogP contribution in [0.4, 0.5) is 0 Å². The monoisotopic (exact) mass is 380 g/mol. The van der Waals surface area contributed by atoms with Crippen LogP contribution >= 0.6 is 35.0 Å². The van der Waals surface area contributed by atoms with Crippen molar-refractivity contribution < 1.29 is 4.42 Å². The molecule has 0 aliphatic heterocycles. The molecular weight excluding hydrogens is 367 g/mol. The highest BCUT2D eigenvalue weighted by Gasteiger charge is 2.51. The standard InChI is InChI=1S/C16H14Cl2N4OS/c17-16(18)7-12(16)10-24-15-21-20-14(11-3-1-5-19-8-11)22(15)9-13-4-2-6-23-13/h1-6,8,12H,7,9-10H2. The fourth-order valence-corrected chi connectivity index (χ4v) is 4.30. The zero-order valence-corrected chi connectivity index (χ0v) is 14.9. The van der Waals surface area contributed by atoms with Crippen molar-refractivity contribution in [1.29, 1.82) is 0 Å². The molecule has 0 bridgehead atoms. The molecule has 1 aliphatic rings. The lowest BCUT2D eigenvalue weighted by molar-refractivity contribution is 0.485. The summed E-state index contributed by atoms with van der Waals surface area (Å²) in [5.41, 5.74) is 0.916. The van der Waals surface area contributed by atoms with Crippen molar-refractivity contribution in [1.82, 2.24) is 19.7 Å². The average molecular weight is 381 g/mol. The molecule has 0 aromatic carbocycles. The van der Waals surface area contributed by atoms with Gasteiger partial charge in [-0.25, -0.2) is 0 Å². The van der Waals surface area contributed by atoms with Crippen molar-refractivity contribution >= 4 is 35.0 Å². The minimum absolute atomic E-state index is 0.293. The molecule has 1 atom stereocenters. The van der Waals surface area contributed by atoms with E-state index >= 15 is 0 Å². The van der Waals surface area contributed by atoms with E-state index in [1.165, 1.54) is 0 Å². The van der Waals surface area contributed by atoms with E-state index in [1.807, 2.05) is 28.8 Å². The molecule has 1 unspecified atom stereocenters. The molecule has 1 saturated carbocycles. The van der Waals surface area contributed by atoms with Crippen LogP contribution in [0.15, 0.2) is 52.5 Å². The van der Waals surface area contributed by atoms with Crippen molar-refractivity contribution in [3.8, 4) is 11.4 Å². The Morgan fingerprint density at radius 1 is 1.29 bits per heavy atom. The minimum Gasteiger partial charge on any atom is -0.467 e. The van der Waals surface area contributed by atoms with Gasteiger partial charge >= 0.3 is 0 Å². The molecule has 1 aliphatic carbocycles. The third-order valence-electron chi connectivity index (χ3n) is 3.90. The van der Waals surface area contributed by atoms with Crippen molar-refractivity contribution in [2.45, 2.75) is 22.5 Å². The van der Waals surface area contributed by atoms with E-state index < -0.39 is 4.33 Å². The van der Waals surface area contributed by atoms with Gasteiger partial charge in [-0.3, -0.25) is 9.55 Å². The molecule has 24 heavy (non-hydrogen) atoms. The normalized spacial score (nSPS) is 18.7. The fraction of sp³-hybridized carbons (Fsp3) is 0.312. The van der Waals surface area contributed by atoms with Gasteiger partial charge in [-0.2, -0.15) is 0 Å². The Bertz CT molecular complexity index is 820. The molecule has 3 heterocycles. The second kappa shape index (κ2) is 6.43. The number of hydrogen-bond donors (Lipinski definition) is 0. The number of hydrogen-bond acceptors (Lipinski definition) is 5. The summed E-state index contributed by atoms with van der Waals surface area (Å²) >= 11 is 13.8. The molecule has 3 aromatic heterocycles. The van der Waals surface area contributed by atoms with Crippen LogP contribution in [-0.2, 0) is 6.54 Å². The highest BCUT2D eigenvalue weighted by molar-refractivity contribution is 7.99. The average Bonchev–Trinajstić information content (AvgIpc) is 2.99. The molecule has 0 radical (unpaired) electrons. The van der Waals surface area contributed by atoms with E-state index in [4.69, 9.17) is 27.6 Å². The molecule has 5 nitrogen and oxygen atoms in total. The fourth-order valence-electron chi connectivity index (χ4n) is 2.43. The van der Waals surface area contributed by atoms with Crippen LogP contribution in [0.25, 0.3) is 11.4 Å². The molecular formula is C16H14Cl2N4OS. The second-order valence-corrected chi connectivity index (χ2v) is 8.22. The Kier molecular flexibility index (Phi) is 4.28. The molecule has 0 spiro atoms. The van der Waals surface area contributed by atoms with E-state index in [1.54, 1.807) is 30.4 Å². The van der Waals surface area contributed by atoms with E-state index in [2.05, 4.69) is 15.2 Å². The Morgan fingerprint density at radius 2 is 2.17 bits per heavy atom. The molecule has 4 rings (SSSR count). The van der Waals surface area contributed by atoms with Gasteiger partial charge in [0.25, 0.3) is 0 Å². The van der Waals surface area contributed by atoms with Gasteiger partial charge in [0.05, 0.1) is 12.8 Å². The maximum Gasteiger partial charge on any atom is 0.191 e. The number of alkyl halides is 2. The van der Waals surface area contributed by atoms with Crippen LogP contribution in [0.1, 0.15) is 12.2 Å². The van der Waals surface area contributed by atoms with Gasteiger partial charge in [-0.05, 0) is 30.7 Å². The van der Waals surface area contributed by atoms with E-state index in [0.29, 0.717) is 12.5 Å². The molecule has 124 valence electrons. The van der Waals surface area contributed by atoms with Crippen LogP contribution in [-0.4, -0.2) is 29.8 Å². The first-order chi connectivity index (χ1) is 11.6. The van der Waals surface area contributed by atoms with Crippen molar-refractivity contribution in [2.24, 2.45) is 5.92 Å². The van der Waals surface area contributed by atoms with E-state index in [9.17, 15) is 0 Å². The van der Waals surface area contributed by atoms with Crippen LogP contribution in [0, 0.1) is 5.92 Å². The summed E-state index contributed by atoms with van der Waals surface area (Å²) in [6.45, 7) is 0.560. The summed E-state index contributed by atoms with van der Waals surface area (Å²) in [6, 6.07) is 7.65. The predicted molar refractivity (Wildman–Crippen MR) is 94.3 cm³/mol. The first kappa shape index (κ1) is 16.0. The van der Waals surface area contributed by atoms with E-state index in [-0.39, 0.29) is 0 Å². The number of halogens is 2. The van der Waals surface area contributed by atoms with Crippen LogP contribution in [0.2, 0.25) is 0 Å². The lowest BCUT2D eigenvalue weighted by Crippen LogP contribution is -2.04. The van der Waals surface area contributed by atoms with Crippen LogP contribution < -0.4 is 0 Å². The number of nitrogens with zero attached hydrogens (tertiary/aromatic N) is 4. The van der Waals surface area contributed by atoms with Gasteiger partial charge in [0.15, 0.2) is 11.0 Å². The minimum atomic E-state index is -0.578. The smallest absolute Gasteiger partial charge is 0.191 e.